The monoisotopic (exact) mass is 392 g/mol. The highest BCUT2D eigenvalue weighted by Gasteiger charge is 2.16. The van der Waals surface area contributed by atoms with Crippen LogP contribution in [0.5, 0.6) is 0 Å². The summed E-state index contributed by atoms with van der Waals surface area (Å²) in [6.45, 7) is 0. The first-order chi connectivity index (χ1) is 7.59. The molecule has 0 fully saturated rings. The highest BCUT2D eigenvalue weighted by Crippen LogP contribution is 2.18. The van der Waals surface area contributed by atoms with Crippen molar-refractivity contribution in [3.05, 3.63) is 44.2 Å². The average molecular weight is 393 g/mol. The third kappa shape index (κ3) is 2.12. The molecule has 2 aromatic rings. The van der Waals surface area contributed by atoms with Gasteiger partial charge in [0.25, 0.3) is 0 Å². The van der Waals surface area contributed by atoms with Crippen molar-refractivity contribution in [2.75, 3.05) is 0 Å². The Morgan fingerprint density at radius 2 is 2.00 bits per heavy atom. The maximum Gasteiger partial charge on any atom is 0.355 e. The first-order valence-electron chi connectivity index (χ1n) is 4.32. The Balaban J connectivity index is 2.56. The minimum atomic E-state index is -0.982. The fourth-order valence-electron chi connectivity index (χ4n) is 1.30. The van der Waals surface area contributed by atoms with Crippen LogP contribution >= 0.6 is 38.5 Å². The van der Waals surface area contributed by atoms with Crippen molar-refractivity contribution in [1.82, 2.24) is 9.78 Å². The molecule has 1 aromatic carbocycles. The molecule has 0 atom stereocenters. The van der Waals surface area contributed by atoms with Crippen LogP contribution in [-0.4, -0.2) is 20.9 Å². The first kappa shape index (κ1) is 11.6. The number of hydrogen-bond donors (Lipinski definition) is 1. The molecule has 0 unspecified atom stereocenters. The number of carboxylic acid groups (broad SMARTS) is 1. The highest BCUT2D eigenvalue weighted by molar-refractivity contribution is 14.1. The van der Waals surface area contributed by atoms with Crippen molar-refractivity contribution < 1.29 is 9.90 Å². The van der Waals surface area contributed by atoms with E-state index in [1.165, 1.54) is 10.9 Å². The van der Waals surface area contributed by atoms with Crippen LogP contribution < -0.4 is 0 Å². The summed E-state index contributed by atoms with van der Waals surface area (Å²) in [5.41, 5.74) is 0.909. The van der Waals surface area contributed by atoms with Gasteiger partial charge in [0.1, 0.15) is 0 Å². The van der Waals surface area contributed by atoms with Gasteiger partial charge in [0.15, 0.2) is 5.69 Å². The van der Waals surface area contributed by atoms with E-state index in [1.807, 2.05) is 34.7 Å². The number of rotatable bonds is 2. The van der Waals surface area contributed by atoms with Crippen molar-refractivity contribution in [1.29, 1.82) is 0 Å². The predicted molar refractivity (Wildman–Crippen MR) is 70.9 cm³/mol. The van der Waals surface area contributed by atoms with Crippen LogP contribution in [0.25, 0.3) is 5.69 Å². The Bertz CT molecular complexity index is 536. The van der Waals surface area contributed by atoms with Crippen molar-refractivity contribution >= 4 is 44.5 Å². The number of halogens is 2. The molecule has 16 heavy (non-hydrogen) atoms. The van der Waals surface area contributed by atoms with E-state index in [4.69, 9.17) is 5.11 Å². The van der Waals surface area contributed by atoms with Gasteiger partial charge in [-0.15, -0.1) is 0 Å². The molecule has 82 valence electrons. The first-order valence-corrected chi connectivity index (χ1v) is 6.19. The number of carboxylic acids is 1. The van der Waals surface area contributed by atoms with Gasteiger partial charge in [-0.2, -0.15) is 5.10 Å². The zero-order valence-corrected chi connectivity index (χ0v) is 11.6. The Morgan fingerprint density at radius 3 is 2.56 bits per heavy atom. The minimum absolute atomic E-state index is 0.183. The number of hydrogen-bond acceptors (Lipinski definition) is 2. The van der Waals surface area contributed by atoms with E-state index in [0.717, 1.165) is 10.2 Å². The molecule has 0 amide bonds. The van der Waals surface area contributed by atoms with Gasteiger partial charge in [-0.3, -0.25) is 0 Å². The minimum Gasteiger partial charge on any atom is -0.476 e. The van der Waals surface area contributed by atoms with Crippen LogP contribution in [0.2, 0.25) is 0 Å². The second-order valence-electron chi connectivity index (χ2n) is 3.03. The quantitative estimate of drug-likeness (QED) is 0.799. The molecule has 0 spiro atoms. The van der Waals surface area contributed by atoms with E-state index < -0.39 is 5.97 Å². The van der Waals surface area contributed by atoms with Crippen LogP contribution in [0.15, 0.2) is 34.9 Å². The van der Waals surface area contributed by atoms with Crippen molar-refractivity contribution in [3.8, 4) is 5.69 Å². The number of benzene rings is 1. The SMILES string of the molecule is O=C(O)c1c(I)cnn1-c1ccc(Br)cc1. The lowest BCUT2D eigenvalue weighted by Crippen LogP contribution is -2.09. The van der Waals surface area contributed by atoms with E-state index in [1.54, 1.807) is 12.1 Å². The highest BCUT2D eigenvalue weighted by atomic mass is 127. The zero-order valence-electron chi connectivity index (χ0n) is 7.89. The molecule has 1 aromatic heterocycles. The zero-order chi connectivity index (χ0) is 11.7. The fourth-order valence-corrected chi connectivity index (χ4v) is 2.15. The van der Waals surface area contributed by atoms with Gasteiger partial charge in [-0.25, -0.2) is 9.48 Å². The van der Waals surface area contributed by atoms with Gasteiger partial charge in [0.05, 0.1) is 15.5 Å². The molecule has 4 nitrogen and oxygen atoms in total. The van der Waals surface area contributed by atoms with Crippen LogP contribution in [-0.2, 0) is 0 Å². The lowest BCUT2D eigenvalue weighted by molar-refractivity contribution is 0.0686. The second-order valence-corrected chi connectivity index (χ2v) is 5.11. The third-order valence-electron chi connectivity index (χ3n) is 2.00. The van der Waals surface area contributed by atoms with E-state index >= 15 is 0 Å². The van der Waals surface area contributed by atoms with Crippen LogP contribution in [0.3, 0.4) is 0 Å². The van der Waals surface area contributed by atoms with E-state index in [0.29, 0.717) is 3.57 Å². The maximum absolute atomic E-state index is 11.1. The summed E-state index contributed by atoms with van der Waals surface area (Å²) in [5, 5.41) is 13.1. The summed E-state index contributed by atoms with van der Waals surface area (Å²) in [7, 11) is 0. The number of aromatic carboxylic acids is 1. The van der Waals surface area contributed by atoms with Gasteiger partial charge >= 0.3 is 5.97 Å². The van der Waals surface area contributed by atoms with Crippen molar-refractivity contribution in [3.63, 3.8) is 0 Å². The van der Waals surface area contributed by atoms with Crippen molar-refractivity contribution in [2.24, 2.45) is 0 Å². The van der Waals surface area contributed by atoms with Crippen LogP contribution in [0.4, 0.5) is 0 Å². The normalized spacial score (nSPS) is 10.4. The number of nitrogens with zero attached hydrogens (tertiary/aromatic N) is 2. The Hall–Kier alpha value is -0.890. The predicted octanol–water partition coefficient (Wildman–Crippen LogP) is 2.94. The number of aromatic nitrogens is 2. The average Bonchev–Trinajstić information content (AvgIpc) is 2.61. The molecule has 0 aliphatic carbocycles. The number of carbonyl (C=O) groups is 1. The Morgan fingerprint density at radius 1 is 1.38 bits per heavy atom. The van der Waals surface area contributed by atoms with Gasteiger partial charge < -0.3 is 5.11 Å². The molecule has 0 radical (unpaired) electrons. The van der Waals surface area contributed by atoms with Gasteiger partial charge in [0, 0.05) is 4.47 Å². The maximum atomic E-state index is 11.1. The third-order valence-corrected chi connectivity index (χ3v) is 3.32. The molecule has 1 N–H and O–H groups in total. The Kier molecular flexibility index (Phi) is 3.29. The van der Waals surface area contributed by atoms with E-state index in [-0.39, 0.29) is 5.69 Å². The van der Waals surface area contributed by atoms with Crippen molar-refractivity contribution in [2.45, 2.75) is 0 Å². The lowest BCUT2D eigenvalue weighted by Gasteiger charge is -2.04. The molecule has 1 heterocycles. The second kappa shape index (κ2) is 4.54. The summed E-state index contributed by atoms with van der Waals surface area (Å²) >= 11 is 5.28. The van der Waals surface area contributed by atoms with E-state index in [2.05, 4.69) is 21.0 Å². The molecular weight excluding hydrogens is 387 g/mol. The molecular formula is C10H6BrIN2O2. The summed E-state index contributed by atoms with van der Waals surface area (Å²) in [4.78, 5) is 11.1. The van der Waals surface area contributed by atoms with Gasteiger partial charge in [0.2, 0.25) is 0 Å². The summed E-state index contributed by atoms with van der Waals surface area (Å²) in [5.74, 6) is -0.982. The molecule has 0 saturated carbocycles. The van der Waals surface area contributed by atoms with Gasteiger partial charge in [-0.05, 0) is 46.9 Å². The Labute approximate surface area is 114 Å². The van der Waals surface area contributed by atoms with E-state index in [9.17, 15) is 4.79 Å². The molecule has 6 heteroatoms. The molecule has 2 rings (SSSR count). The topological polar surface area (TPSA) is 55.1 Å². The lowest BCUT2D eigenvalue weighted by atomic mass is 10.3. The summed E-state index contributed by atoms with van der Waals surface area (Å²) < 4.78 is 2.97. The fraction of sp³-hybridized carbons (Fsp3) is 0. The standard InChI is InChI=1S/C10H6BrIN2O2/c11-6-1-3-7(4-2-6)14-9(10(15)16)8(12)5-13-14/h1-5H,(H,15,16). The summed E-state index contributed by atoms with van der Waals surface area (Å²) in [6, 6.07) is 7.30. The van der Waals surface area contributed by atoms with Crippen LogP contribution in [0.1, 0.15) is 10.5 Å². The molecule has 0 aliphatic rings. The molecule has 0 saturated heterocycles. The summed E-state index contributed by atoms with van der Waals surface area (Å²) in [6.07, 6.45) is 1.53. The largest absolute Gasteiger partial charge is 0.476 e. The van der Waals surface area contributed by atoms with Gasteiger partial charge in [-0.1, -0.05) is 15.9 Å². The molecule has 0 aliphatic heterocycles. The smallest absolute Gasteiger partial charge is 0.355 e. The molecule has 0 bridgehead atoms. The van der Waals surface area contributed by atoms with Crippen LogP contribution in [0, 0.1) is 3.57 Å².